The Kier molecular flexibility index (Phi) is 6.08. The van der Waals surface area contributed by atoms with Gasteiger partial charge in [0.1, 0.15) is 5.56 Å². The second kappa shape index (κ2) is 8.04. The van der Waals surface area contributed by atoms with Crippen LogP contribution >= 0.6 is 11.8 Å². The van der Waals surface area contributed by atoms with Gasteiger partial charge in [0.2, 0.25) is 17.3 Å². The number of carbonyl (C=O) groups is 3. The van der Waals surface area contributed by atoms with Gasteiger partial charge in [-0.15, -0.1) is 11.8 Å². The van der Waals surface area contributed by atoms with E-state index in [1.807, 2.05) is 7.05 Å². The Morgan fingerprint density at radius 1 is 1.35 bits per heavy atom. The van der Waals surface area contributed by atoms with Crippen molar-refractivity contribution in [3.63, 3.8) is 0 Å². The van der Waals surface area contributed by atoms with Crippen molar-refractivity contribution >= 4 is 29.2 Å². The van der Waals surface area contributed by atoms with Gasteiger partial charge in [-0.3, -0.25) is 14.4 Å². The summed E-state index contributed by atoms with van der Waals surface area (Å²) in [4.78, 5) is 36.4. The standard InChI is InChI=1S/C14H17N3O5S/c1-15-3-4-21-5-6-23-9-7-8(18)13-10(12(9)19)11(17-22-13)14(20)16-2/h7,15H,3-6H2,1-2H3,(H,16,20). The number of amides is 1. The van der Waals surface area contributed by atoms with Crippen molar-refractivity contribution in [2.24, 2.45) is 0 Å². The summed E-state index contributed by atoms with van der Waals surface area (Å²) in [5.41, 5.74) is -0.243. The van der Waals surface area contributed by atoms with Crippen LogP contribution in [-0.2, 0) is 4.74 Å². The first-order valence-electron chi connectivity index (χ1n) is 6.97. The number of aromatic nitrogens is 1. The number of Topliss-reactive ketones (excluding diaryl/α,β-unsaturated/α-hetero) is 1. The van der Waals surface area contributed by atoms with E-state index >= 15 is 0 Å². The fourth-order valence-electron chi connectivity index (χ4n) is 1.91. The number of hydrogen-bond donors (Lipinski definition) is 2. The number of hydrogen-bond acceptors (Lipinski definition) is 8. The van der Waals surface area contributed by atoms with E-state index in [9.17, 15) is 14.4 Å². The minimum atomic E-state index is -0.571. The first-order chi connectivity index (χ1) is 11.1. The Hall–Kier alpha value is -1.97. The highest BCUT2D eigenvalue weighted by atomic mass is 32.2. The summed E-state index contributed by atoms with van der Waals surface area (Å²) < 4.78 is 10.2. The minimum Gasteiger partial charge on any atom is -0.379 e. The van der Waals surface area contributed by atoms with Crippen LogP contribution in [0.25, 0.3) is 0 Å². The molecule has 23 heavy (non-hydrogen) atoms. The lowest BCUT2D eigenvalue weighted by Crippen LogP contribution is -2.23. The summed E-state index contributed by atoms with van der Waals surface area (Å²) in [5, 5.41) is 8.85. The Morgan fingerprint density at radius 2 is 2.13 bits per heavy atom. The topological polar surface area (TPSA) is 111 Å². The van der Waals surface area contributed by atoms with Crippen LogP contribution in [0.4, 0.5) is 0 Å². The smallest absolute Gasteiger partial charge is 0.274 e. The van der Waals surface area contributed by atoms with Crippen LogP contribution in [0.15, 0.2) is 15.5 Å². The van der Waals surface area contributed by atoms with Crippen molar-refractivity contribution in [2.75, 3.05) is 39.6 Å². The number of ketones is 2. The number of thioether (sulfide) groups is 1. The molecule has 1 heterocycles. The molecule has 0 saturated carbocycles. The van der Waals surface area contributed by atoms with Crippen LogP contribution in [0, 0.1) is 0 Å². The number of allylic oxidation sites excluding steroid dienone is 2. The lowest BCUT2D eigenvalue weighted by Gasteiger charge is -2.10. The zero-order valence-electron chi connectivity index (χ0n) is 12.8. The number of fused-ring (bicyclic) bond motifs is 1. The highest BCUT2D eigenvalue weighted by molar-refractivity contribution is 8.04. The maximum atomic E-state index is 12.5. The van der Waals surface area contributed by atoms with E-state index in [1.165, 1.54) is 24.9 Å². The monoisotopic (exact) mass is 339 g/mol. The Morgan fingerprint density at radius 3 is 2.83 bits per heavy atom. The van der Waals surface area contributed by atoms with E-state index in [4.69, 9.17) is 9.26 Å². The number of rotatable bonds is 8. The Balaban J connectivity index is 2.04. The molecular formula is C14H17N3O5S. The Labute approximate surface area is 137 Å². The molecule has 1 amide bonds. The van der Waals surface area contributed by atoms with E-state index in [2.05, 4.69) is 15.8 Å². The summed E-state index contributed by atoms with van der Waals surface area (Å²) in [5.74, 6) is -1.15. The molecule has 1 aromatic rings. The van der Waals surface area contributed by atoms with E-state index in [1.54, 1.807) is 0 Å². The maximum absolute atomic E-state index is 12.5. The minimum absolute atomic E-state index is 0.0737. The molecule has 1 aromatic heterocycles. The molecule has 0 saturated heterocycles. The number of likely N-dealkylation sites (N-methyl/N-ethyl adjacent to an activating group) is 1. The first-order valence-corrected chi connectivity index (χ1v) is 7.96. The molecule has 0 spiro atoms. The largest absolute Gasteiger partial charge is 0.379 e. The molecule has 8 nitrogen and oxygen atoms in total. The molecule has 124 valence electrons. The zero-order chi connectivity index (χ0) is 16.8. The van der Waals surface area contributed by atoms with E-state index < -0.39 is 17.5 Å². The van der Waals surface area contributed by atoms with Gasteiger partial charge in [-0.25, -0.2) is 0 Å². The van der Waals surface area contributed by atoms with Crippen molar-refractivity contribution in [2.45, 2.75) is 0 Å². The van der Waals surface area contributed by atoms with Gasteiger partial charge in [0, 0.05) is 25.4 Å². The third-order valence-electron chi connectivity index (χ3n) is 3.05. The normalized spacial score (nSPS) is 13.7. The zero-order valence-corrected chi connectivity index (χ0v) is 13.6. The van der Waals surface area contributed by atoms with Crippen molar-refractivity contribution in [3.05, 3.63) is 28.0 Å². The molecule has 0 atom stereocenters. The molecule has 9 heteroatoms. The molecule has 2 N–H and O–H groups in total. The summed E-state index contributed by atoms with van der Waals surface area (Å²) >= 11 is 1.21. The van der Waals surface area contributed by atoms with Crippen LogP contribution < -0.4 is 10.6 Å². The second-order valence-electron chi connectivity index (χ2n) is 4.58. The highest BCUT2D eigenvalue weighted by Gasteiger charge is 2.35. The second-order valence-corrected chi connectivity index (χ2v) is 5.72. The van der Waals surface area contributed by atoms with E-state index in [0.717, 1.165) is 6.54 Å². The molecule has 0 fully saturated rings. The third kappa shape index (κ3) is 3.87. The molecule has 0 bridgehead atoms. The summed E-state index contributed by atoms with van der Waals surface area (Å²) in [6.45, 7) is 1.76. The van der Waals surface area contributed by atoms with Crippen LogP contribution in [0.1, 0.15) is 31.4 Å². The van der Waals surface area contributed by atoms with Gasteiger partial charge in [-0.05, 0) is 7.05 Å². The first kappa shape index (κ1) is 17.4. The van der Waals surface area contributed by atoms with Crippen LogP contribution in [0.2, 0.25) is 0 Å². The van der Waals surface area contributed by atoms with Gasteiger partial charge in [0.15, 0.2) is 5.69 Å². The molecular weight excluding hydrogens is 322 g/mol. The van der Waals surface area contributed by atoms with Crippen molar-refractivity contribution in [1.82, 2.24) is 15.8 Å². The maximum Gasteiger partial charge on any atom is 0.274 e. The van der Waals surface area contributed by atoms with Gasteiger partial charge >= 0.3 is 0 Å². The van der Waals surface area contributed by atoms with E-state index in [-0.39, 0.29) is 21.9 Å². The summed E-state index contributed by atoms with van der Waals surface area (Å²) in [6, 6.07) is 0. The fraction of sp³-hybridized carbons (Fsp3) is 0.429. The van der Waals surface area contributed by atoms with Crippen LogP contribution in [0.3, 0.4) is 0 Å². The van der Waals surface area contributed by atoms with Gasteiger partial charge < -0.3 is 19.9 Å². The lowest BCUT2D eigenvalue weighted by atomic mass is 10.00. The highest BCUT2D eigenvalue weighted by Crippen LogP contribution is 2.30. The predicted molar refractivity (Wildman–Crippen MR) is 83.8 cm³/mol. The molecule has 1 aliphatic carbocycles. The SMILES string of the molecule is CNCCOCCSC1=CC(=O)c2onc(C(=O)NC)c2C1=O. The number of carbonyl (C=O) groups excluding carboxylic acids is 3. The number of nitrogens with zero attached hydrogens (tertiary/aromatic N) is 1. The van der Waals surface area contributed by atoms with Crippen molar-refractivity contribution in [1.29, 1.82) is 0 Å². The molecule has 0 aromatic carbocycles. The van der Waals surface area contributed by atoms with Crippen LogP contribution in [0.5, 0.6) is 0 Å². The Bertz CT molecular complexity index is 653. The van der Waals surface area contributed by atoms with Gasteiger partial charge in [-0.1, -0.05) is 5.16 Å². The quantitative estimate of drug-likeness (QED) is 0.649. The summed E-state index contributed by atoms with van der Waals surface area (Å²) in [6.07, 6.45) is 1.21. The van der Waals surface area contributed by atoms with Gasteiger partial charge in [-0.2, -0.15) is 0 Å². The lowest BCUT2D eigenvalue weighted by molar-refractivity contribution is 0.0944. The molecule has 0 unspecified atom stereocenters. The van der Waals surface area contributed by atoms with Gasteiger partial charge in [0.05, 0.1) is 18.1 Å². The predicted octanol–water partition coefficient (Wildman–Crippen LogP) is 0.266. The molecule has 0 aliphatic heterocycles. The average molecular weight is 339 g/mol. The summed E-state index contributed by atoms with van der Waals surface area (Å²) in [7, 11) is 3.24. The van der Waals surface area contributed by atoms with E-state index in [0.29, 0.717) is 19.0 Å². The molecule has 2 rings (SSSR count). The molecule has 0 radical (unpaired) electrons. The van der Waals surface area contributed by atoms with Crippen molar-refractivity contribution in [3.8, 4) is 0 Å². The van der Waals surface area contributed by atoms with Crippen molar-refractivity contribution < 1.29 is 23.6 Å². The number of nitrogens with one attached hydrogen (secondary N) is 2. The molecule has 1 aliphatic rings. The van der Waals surface area contributed by atoms with Crippen LogP contribution in [-0.4, -0.2) is 62.2 Å². The van der Waals surface area contributed by atoms with Gasteiger partial charge in [0.25, 0.3) is 5.91 Å². The number of ether oxygens (including phenoxy) is 1. The third-order valence-corrected chi connectivity index (χ3v) is 4.04. The fourth-order valence-corrected chi connectivity index (χ4v) is 2.75. The average Bonchev–Trinajstić information content (AvgIpc) is 3.00.